The Balaban J connectivity index is 2.92. The predicted molar refractivity (Wildman–Crippen MR) is 88.1 cm³/mol. The number of anilines is 2. The summed E-state index contributed by atoms with van der Waals surface area (Å²) in [5.74, 6) is -2.99. The molecular formula is C16H21F4N3O3. The van der Waals surface area contributed by atoms with Crippen LogP contribution in [-0.4, -0.2) is 30.3 Å². The molecule has 2 amide bonds. The molecule has 6 nitrogen and oxygen atoms in total. The number of nitrogens with one attached hydrogen (secondary N) is 2. The van der Waals surface area contributed by atoms with E-state index < -0.39 is 42.1 Å². The quantitative estimate of drug-likeness (QED) is 0.551. The van der Waals surface area contributed by atoms with Gasteiger partial charge in [-0.15, -0.1) is 0 Å². The van der Waals surface area contributed by atoms with Crippen molar-refractivity contribution < 1.29 is 31.9 Å². The first kappa shape index (κ1) is 21.5. The van der Waals surface area contributed by atoms with E-state index in [9.17, 15) is 27.2 Å². The molecule has 0 aliphatic carbocycles. The molecule has 1 aromatic rings. The van der Waals surface area contributed by atoms with E-state index in [1.165, 1.54) is 6.92 Å². The van der Waals surface area contributed by atoms with Crippen LogP contribution in [0.15, 0.2) is 12.1 Å². The number of nitrogens with two attached hydrogens (primary N) is 1. The molecule has 146 valence electrons. The van der Waals surface area contributed by atoms with Crippen molar-refractivity contribution in [2.24, 2.45) is 0 Å². The molecule has 26 heavy (non-hydrogen) atoms. The molecule has 0 aliphatic rings. The summed E-state index contributed by atoms with van der Waals surface area (Å²) < 4.78 is 55.7. The first-order valence-electron chi connectivity index (χ1n) is 7.63. The lowest BCUT2D eigenvalue weighted by Gasteiger charge is -2.20. The average Bonchev–Trinajstić information content (AvgIpc) is 2.44. The van der Waals surface area contributed by atoms with Gasteiger partial charge in [0.1, 0.15) is 18.0 Å². The minimum absolute atomic E-state index is 0.00286. The molecule has 0 aliphatic heterocycles. The maximum absolute atomic E-state index is 14.2. The van der Waals surface area contributed by atoms with E-state index in [4.69, 9.17) is 10.5 Å². The Morgan fingerprint density at radius 3 is 2.31 bits per heavy atom. The summed E-state index contributed by atoms with van der Waals surface area (Å²) in [5.41, 5.74) is 4.62. The number of nitrogen functional groups attached to an aromatic ring is 1. The van der Waals surface area contributed by atoms with Crippen LogP contribution in [0.3, 0.4) is 0 Å². The Morgan fingerprint density at radius 1 is 1.23 bits per heavy atom. The van der Waals surface area contributed by atoms with Crippen LogP contribution in [0.2, 0.25) is 0 Å². The van der Waals surface area contributed by atoms with Crippen molar-refractivity contribution in [3.05, 3.63) is 23.5 Å². The summed E-state index contributed by atoms with van der Waals surface area (Å²) in [6.07, 6.45) is -5.47. The fraction of sp³-hybridized carbons (Fsp3) is 0.500. The smallest absolute Gasteiger partial charge is 0.412 e. The number of ether oxygens (including phenoxy) is 1. The lowest BCUT2D eigenvalue weighted by Crippen LogP contribution is -2.36. The van der Waals surface area contributed by atoms with Crippen LogP contribution in [0.4, 0.5) is 33.7 Å². The predicted octanol–water partition coefficient (Wildman–Crippen LogP) is 3.54. The van der Waals surface area contributed by atoms with Gasteiger partial charge in [-0.2, -0.15) is 13.2 Å². The van der Waals surface area contributed by atoms with Gasteiger partial charge < -0.3 is 15.8 Å². The summed E-state index contributed by atoms with van der Waals surface area (Å²) >= 11 is 0. The van der Waals surface area contributed by atoms with Gasteiger partial charge in [-0.25, -0.2) is 9.18 Å². The van der Waals surface area contributed by atoms with Gasteiger partial charge in [0.2, 0.25) is 5.91 Å². The van der Waals surface area contributed by atoms with Gasteiger partial charge in [-0.3, -0.25) is 10.1 Å². The largest absolute Gasteiger partial charge is 0.444 e. The van der Waals surface area contributed by atoms with Crippen molar-refractivity contribution in [2.75, 3.05) is 17.6 Å². The second-order valence-corrected chi connectivity index (χ2v) is 6.64. The first-order valence-corrected chi connectivity index (χ1v) is 7.63. The molecule has 1 rings (SSSR count). The van der Waals surface area contributed by atoms with Crippen molar-refractivity contribution in [1.82, 2.24) is 5.32 Å². The topological polar surface area (TPSA) is 93.5 Å². The minimum atomic E-state index is -4.56. The summed E-state index contributed by atoms with van der Waals surface area (Å²) in [6.45, 7) is 4.67. The number of hydrogen-bond acceptors (Lipinski definition) is 4. The number of carbonyl (C=O) groups is 2. The second-order valence-electron chi connectivity index (χ2n) is 6.64. The van der Waals surface area contributed by atoms with Crippen LogP contribution in [-0.2, 0) is 9.53 Å². The Kier molecular flexibility index (Phi) is 6.45. The lowest BCUT2D eigenvalue weighted by molar-refractivity contribution is -0.139. The van der Waals surface area contributed by atoms with Crippen molar-refractivity contribution in [3.63, 3.8) is 0 Å². The van der Waals surface area contributed by atoms with Crippen LogP contribution in [0, 0.1) is 5.82 Å². The number of hydrogen-bond donors (Lipinski definition) is 3. The molecule has 0 saturated carbocycles. The summed E-state index contributed by atoms with van der Waals surface area (Å²) in [4.78, 5) is 23.5. The Bertz CT molecular complexity index is 685. The third kappa shape index (κ3) is 6.77. The molecular weight excluding hydrogens is 358 g/mol. The Labute approximate surface area is 148 Å². The maximum Gasteiger partial charge on any atom is 0.412 e. The van der Waals surface area contributed by atoms with E-state index >= 15 is 0 Å². The van der Waals surface area contributed by atoms with E-state index in [1.54, 1.807) is 26.1 Å². The molecule has 0 aromatic heterocycles. The summed E-state index contributed by atoms with van der Waals surface area (Å²) in [6, 6.07) is 1.96. The standard InChI is InChI=1S/C16H21F4N3O3/c1-8(13(24)22-7-16(18,19)20)9-5-10(17)12(6-11(9)21)23-14(25)26-15(2,3)4/h5-6,8H,7,21H2,1-4H3,(H,22,24)(H,23,25)/t8-/m1/s1. The molecule has 1 atom stereocenters. The fourth-order valence-corrected chi connectivity index (χ4v) is 1.97. The van der Waals surface area contributed by atoms with Crippen molar-refractivity contribution in [2.45, 2.75) is 45.4 Å². The van der Waals surface area contributed by atoms with Gasteiger partial charge in [0.25, 0.3) is 0 Å². The molecule has 0 bridgehead atoms. The van der Waals surface area contributed by atoms with Crippen LogP contribution in [0.5, 0.6) is 0 Å². The number of benzene rings is 1. The number of alkyl halides is 3. The third-order valence-electron chi connectivity index (χ3n) is 3.13. The van der Waals surface area contributed by atoms with Gasteiger partial charge in [0.15, 0.2) is 0 Å². The zero-order valence-electron chi connectivity index (χ0n) is 14.8. The third-order valence-corrected chi connectivity index (χ3v) is 3.13. The Hall–Kier alpha value is -2.52. The Morgan fingerprint density at radius 2 is 1.81 bits per heavy atom. The highest BCUT2D eigenvalue weighted by atomic mass is 19.4. The van der Waals surface area contributed by atoms with E-state index in [0.717, 1.165) is 12.1 Å². The molecule has 1 aromatic carbocycles. The monoisotopic (exact) mass is 379 g/mol. The van der Waals surface area contributed by atoms with E-state index in [0.29, 0.717) is 0 Å². The van der Waals surface area contributed by atoms with Crippen molar-refractivity contribution in [1.29, 1.82) is 0 Å². The minimum Gasteiger partial charge on any atom is -0.444 e. The van der Waals surface area contributed by atoms with Gasteiger partial charge in [0, 0.05) is 5.69 Å². The van der Waals surface area contributed by atoms with Gasteiger partial charge in [0.05, 0.1) is 11.6 Å². The average molecular weight is 379 g/mol. The van der Waals surface area contributed by atoms with Crippen molar-refractivity contribution >= 4 is 23.4 Å². The molecule has 0 unspecified atom stereocenters. The SMILES string of the molecule is C[C@@H](C(=O)NCC(F)(F)F)c1cc(F)c(NC(=O)OC(C)(C)C)cc1N. The highest BCUT2D eigenvalue weighted by Crippen LogP contribution is 2.29. The normalized spacial score (nSPS) is 13.1. The van der Waals surface area contributed by atoms with E-state index in [-0.39, 0.29) is 16.9 Å². The zero-order chi connectivity index (χ0) is 20.3. The summed E-state index contributed by atoms with van der Waals surface area (Å²) in [7, 11) is 0. The van der Waals surface area contributed by atoms with Crippen LogP contribution in [0.25, 0.3) is 0 Å². The molecule has 0 heterocycles. The van der Waals surface area contributed by atoms with Gasteiger partial charge in [-0.1, -0.05) is 0 Å². The highest BCUT2D eigenvalue weighted by Gasteiger charge is 2.29. The van der Waals surface area contributed by atoms with Gasteiger partial charge in [-0.05, 0) is 45.4 Å². The first-order chi connectivity index (χ1) is 11.7. The second kappa shape index (κ2) is 7.79. The molecule has 10 heteroatoms. The van der Waals surface area contributed by atoms with Crippen LogP contribution >= 0.6 is 0 Å². The van der Waals surface area contributed by atoms with Crippen LogP contribution in [0.1, 0.15) is 39.2 Å². The number of carbonyl (C=O) groups excluding carboxylic acids is 2. The highest BCUT2D eigenvalue weighted by molar-refractivity contribution is 5.88. The lowest BCUT2D eigenvalue weighted by atomic mass is 9.97. The van der Waals surface area contributed by atoms with Crippen molar-refractivity contribution in [3.8, 4) is 0 Å². The number of rotatable bonds is 4. The van der Waals surface area contributed by atoms with Crippen LogP contribution < -0.4 is 16.4 Å². The maximum atomic E-state index is 14.2. The number of halogens is 4. The molecule has 0 radical (unpaired) electrons. The molecule has 4 N–H and O–H groups in total. The summed E-state index contributed by atoms with van der Waals surface area (Å²) in [5, 5.41) is 3.89. The molecule has 0 saturated heterocycles. The van der Waals surface area contributed by atoms with E-state index in [2.05, 4.69) is 5.32 Å². The van der Waals surface area contributed by atoms with Gasteiger partial charge >= 0.3 is 12.3 Å². The number of amides is 2. The zero-order valence-corrected chi connectivity index (χ0v) is 14.8. The fourth-order valence-electron chi connectivity index (χ4n) is 1.97. The molecule has 0 spiro atoms. The molecule has 0 fully saturated rings. The van der Waals surface area contributed by atoms with E-state index in [1.807, 2.05) is 0 Å².